The quantitative estimate of drug-likeness (QED) is 0.538. The van der Waals surface area contributed by atoms with E-state index in [4.69, 9.17) is 14.7 Å². The van der Waals surface area contributed by atoms with E-state index >= 15 is 0 Å². The number of hydrogen-bond acceptors (Lipinski definition) is 6. The van der Waals surface area contributed by atoms with E-state index in [1.54, 1.807) is 11.3 Å². The molecule has 0 spiro atoms. The van der Waals surface area contributed by atoms with Crippen molar-refractivity contribution in [2.24, 2.45) is 0 Å². The average molecular weight is 416 g/mol. The van der Waals surface area contributed by atoms with Gasteiger partial charge in [0.05, 0.1) is 28.1 Å². The number of aromatic nitrogens is 4. The van der Waals surface area contributed by atoms with E-state index in [0.717, 1.165) is 56.0 Å². The van der Waals surface area contributed by atoms with Gasteiger partial charge in [-0.2, -0.15) is 0 Å². The number of rotatable bonds is 2. The van der Waals surface area contributed by atoms with Crippen LogP contribution in [-0.2, 0) is 4.74 Å². The summed E-state index contributed by atoms with van der Waals surface area (Å²) in [4.78, 5) is 19.5. The molecule has 0 atom stereocenters. The second-order valence-electron chi connectivity index (χ2n) is 5.83. The number of fused-ring (bicyclic) bond motifs is 2. The summed E-state index contributed by atoms with van der Waals surface area (Å²) in [5.74, 6) is 0.755. The molecular weight excluding hydrogens is 402 g/mol. The van der Waals surface area contributed by atoms with Gasteiger partial charge in [-0.15, -0.1) is 11.3 Å². The Balaban J connectivity index is 1.77. The first-order valence-electron chi connectivity index (χ1n) is 8.01. The van der Waals surface area contributed by atoms with Crippen LogP contribution in [0.4, 0.5) is 5.95 Å². The Morgan fingerprint density at radius 3 is 2.96 bits per heavy atom. The van der Waals surface area contributed by atoms with Crippen LogP contribution in [-0.4, -0.2) is 46.2 Å². The average Bonchev–Trinajstić information content (AvgIpc) is 3.28. The minimum atomic E-state index is 0.707. The molecule has 0 bridgehead atoms. The van der Waals surface area contributed by atoms with E-state index in [2.05, 4.69) is 36.2 Å². The standard InChI is InChI=1S/C17H14BrN5OS/c18-12-9-25-15-13(10-1-3-19-16-11(10)2-4-20-16)21-17(22-14(12)15)23-5-7-24-8-6-23/h1-4,9H,5-8H2,(H,19,20). The monoisotopic (exact) mass is 415 g/mol. The van der Waals surface area contributed by atoms with E-state index in [0.29, 0.717) is 13.2 Å². The largest absolute Gasteiger partial charge is 0.378 e. The topological polar surface area (TPSA) is 66.9 Å². The van der Waals surface area contributed by atoms with Crippen LogP contribution in [0.3, 0.4) is 0 Å². The summed E-state index contributed by atoms with van der Waals surface area (Å²) in [6.07, 6.45) is 3.73. The first kappa shape index (κ1) is 15.2. The van der Waals surface area contributed by atoms with Crippen LogP contribution in [0.15, 0.2) is 34.4 Å². The normalized spacial score (nSPS) is 15.3. The molecular formula is C17H14BrN5OS. The molecule has 5 rings (SSSR count). The Morgan fingerprint density at radius 2 is 2.08 bits per heavy atom. The fraction of sp³-hybridized carbons (Fsp3) is 0.235. The number of thiophene rings is 1. The van der Waals surface area contributed by atoms with Crippen molar-refractivity contribution in [3.8, 4) is 11.3 Å². The van der Waals surface area contributed by atoms with Gasteiger partial charge in [0.2, 0.25) is 5.95 Å². The van der Waals surface area contributed by atoms with Gasteiger partial charge in [0.1, 0.15) is 11.2 Å². The van der Waals surface area contributed by atoms with Gasteiger partial charge in [-0.05, 0) is 28.1 Å². The zero-order valence-electron chi connectivity index (χ0n) is 13.2. The molecule has 0 aliphatic carbocycles. The maximum atomic E-state index is 5.46. The van der Waals surface area contributed by atoms with Crippen molar-refractivity contribution in [2.75, 3.05) is 31.2 Å². The lowest BCUT2D eigenvalue weighted by atomic mass is 10.1. The lowest BCUT2D eigenvalue weighted by molar-refractivity contribution is 0.122. The predicted molar refractivity (Wildman–Crippen MR) is 103 cm³/mol. The maximum absolute atomic E-state index is 5.46. The number of hydrogen-bond donors (Lipinski definition) is 1. The van der Waals surface area contributed by atoms with Gasteiger partial charge < -0.3 is 14.6 Å². The Bertz CT molecular complexity index is 1070. The number of halogens is 1. The molecule has 0 saturated carbocycles. The van der Waals surface area contributed by atoms with E-state index in [1.807, 2.05) is 24.5 Å². The third-order valence-electron chi connectivity index (χ3n) is 4.37. The molecule has 5 heterocycles. The third kappa shape index (κ3) is 2.52. The number of aromatic amines is 1. The van der Waals surface area contributed by atoms with Gasteiger partial charge in [0, 0.05) is 41.8 Å². The highest BCUT2D eigenvalue weighted by atomic mass is 79.9. The van der Waals surface area contributed by atoms with Crippen LogP contribution in [0.2, 0.25) is 0 Å². The lowest BCUT2D eigenvalue weighted by Crippen LogP contribution is -2.37. The minimum Gasteiger partial charge on any atom is -0.378 e. The van der Waals surface area contributed by atoms with Crippen LogP contribution in [0.1, 0.15) is 0 Å². The molecule has 0 radical (unpaired) electrons. The number of morpholine rings is 1. The molecule has 126 valence electrons. The summed E-state index contributed by atoms with van der Waals surface area (Å²) >= 11 is 5.29. The Morgan fingerprint density at radius 1 is 1.20 bits per heavy atom. The molecule has 4 aromatic rings. The van der Waals surface area contributed by atoms with Gasteiger partial charge in [-0.1, -0.05) is 0 Å². The Kier molecular flexibility index (Phi) is 3.69. The molecule has 0 amide bonds. The molecule has 1 N–H and O–H groups in total. The number of nitrogens with one attached hydrogen (secondary N) is 1. The van der Waals surface area contributed by atoms with E-state index < -0.39 is 0 Å². The van der Waals surface area contributed by atoms with Crippen LogP contribution < -0.4 is 4.90 Å². The molecule has 1 aliphatic rings. The molecule has 1 aliphatic heterocycles. The first-order chi connectivity index (χ1) is 12.3. The van der Waals surface area contributed by atoms with Crippen molar-refractivity contribution in [1.82, 2.24) is 19.9 Å². The Hall–Kier alpha value is -2.03. The molecule has 0 unspecified atom stereocenters. The highest BCUT2D eigenvalue weighted by Gasteiger charge is 2.20. The second kappa shape index (κ2) is 6.05. The number of ether oxygens (including phenoxy) is 1. The van der Waals surface area contributed by atoms with Gasteiger partial charge >= 0.3 is 0 Å². The number of nitrogens with zero attached hydrogens (tertiary/aromatic N) is 4. The predicted octanol–water partition coefficient (Wildman–Crippen LogP) is 3.83. The van der Waals surface area contributed by atoms with Crippen molar-refractivity contribution in [2.45, 2.75) is 0 Å². The highest BCUT2D eigenvalue weighted by Crippen LogP contribution is 2.38. The molecule has 0 aromatic carbocycles. The number of pyridine rings is 1. The lowest BCUT2D eigenvalue weighted by Gasteiger charge is -2.27. The summed E-state index contributed by atoms with van der Waals surface area (Å²) in [6.45, 7) is 3.03. The summed E-state index contributed by atoms with van der Waals surface area (Å²) in [6, 6.07) is 4.07. The number of H-pyrrole nitrogens is 1. The van der Waals surface area contributed by atoms with Crippen LogP contribution in [0.25, 0.3) is 32.5 Å². The number of anilines is 1. The summed E-state index contributed by atoms with van der Waals surface area (Å²) in [5.41, 5.74) is 3.85. The Labute approximate surface area is 156 Å². The fourth-order valence-electron chi connectivity index (χ4n) is 3.13. The van der Waals surface area contributed by atoms with Gasteiger partial charge in [0.25, 0.3) is 0 Å². The molecule has 6 nitrogen and oxygen atoms in total. The summed E-state index contributed by atoms with van der Waals surface area (Å²) < 4.78 is 7.55. The molecule has 1 fully saturated rings. The highest BCUT2D eigenvalue weighted by molar-refractivity contribution is 9.10. The van der Waals surface area contributed by atoms with Crippen molar-refractivity contribution >= 4 is 54.5 Å². The van der Waals surface area contributed by atoms with Gasteiger partial charge in [-0.25, -0.2) is 15.0 Å². The van der Waals surface area contributed by atoms with Crippen LogP contribution in [0.5, 0.6) is 0 Å². The minimum absolute atomic E-state index is 0.707. The van der Waals surface area contributed by atoms with Crippen LogP contribution in [0, 0.1) is 0 Å². The zero-order valence-corrected chi connectivity index (χ0v) is 15.6. The van der Waals surface area contributed by atoms with Crippen molar-refractivity contribution < 1.29 is 4.74 Å². The fourth-order valence-corrected chi connectivity index (χ4v) is 4.70. The van der Waals surface area contributed by atoms with E-state index in [-0.39, 0.29) is 0 Å². The van der Waals surface area contributed by atoms with Gasteiger partial charge in [0.15, 0.2) is 0 Å². The zero-order chi connectivity index (χ0) is 16.8. The molecule has 25 heavy (non-hydrogen) atoms. The smallest absolute Gasteiger partial charge is 0.226 e. The van der Waals surface area contributed by atoms with E-state index in [1.165, 1.54) is 0 Å². The first-order valence-corrected chi connectivity index (χ1v) is 9.68. The summed E-state index contributed by atoms with van der Waals surface area (Å²) in [7, 11) is 0. The van der Waals surface area contributed by atoms with Crippen molar-refractivity contribution in [1.29, 1.82) is 0 Å². The second-order valence-corrected chi connectivity index (χ2v) is 7.57. The van der Waals surface area contributed by atoms with Crippen LogP contribution >= 0.6 is 27.3 Å². The van der Waals surface area contributed by atoms with E-state index in [9.17, 15) is 0 Å². The molecule has 4 aromatic heterocycles. The van der Waals surface area contributed by atoms with Crippen molar-refractivity contribution in [3.63, 3.8) is 0 Å². The summed E-state index contributed by atoms with van der Waals surface area (Å²) in [5, 5.41) is 3.14. The van der Waals surface area contributed by atoms with Gasteiger partial charge in [-0.3, -0.25) is 0 Å². The third-order valence-corrected chi connectivity index (χ3v) is 6.25. The molecule has 1 saturated heterocycles. The SMILES string of the molecule is Brc1csc2c(-c3ccnc4[nH]ccc34)nc(N3CCOCC3)nc12. The maximum Gasteiger partial charge on any atom is 0.226 e. The van der Waals surface area contributed by atoms with Crippen molar-refractivity contribution in [3.05, 3.63) is 34.4 Å². The molecule has 8 heteroatoms.